The molecule has 25 heavy (non-hydrogen) atoms. The maximum Gasteiger partial charge on any atom is 0.338 e. The van der Waals surface area contributed by atoms with Crippen molar-refractivity contribution in [3.8, 4) is 0 Å². The van der Waals surface area contributed by atoms with E-state index < -0.39 is 17.2 Å². The van der Waals surface area contributed by atoms with E-state index in [9.17, 15) is 14.8 Å². The van der Waals surface area contributed by atoms with Gasteiger partial charge in [-0.1, -0.05) is 18.2 Å². The van der Waals surface area contributed by atoms with Crippen LogP contribution in [0, 0.1) is 5.21 Å². The molecule has 2 N–H and O–H groups in total. The molecule has 0 saturated carbocycles. The van der Waals surface area contributed by atoms with Gasteiger partial charge < -0.3 is 14.7 Å². The van der Waals surface area contributed by atoms with E-state index in [4.69, 9.17) is 14.7 Å². The summed E-state index contributed by atoms with van der Waals surface area (Å²) in [4.78, 5) is 24.2. The third-order valence-corrected chi connectivity index (χ3v) is 3.50. The van der Waals surface area contributed by atoms with Crippen LogP contribution in [0.2, 0.25) is 0 Å². The van der Waals surface area contributed by atoms with Crippen LogP contribution in [0.3, 0.4) is 0 Å². The van der Waals surface area contributed by atoms with E-state index in [2.05, 4.69) is 0 Å². The molecular formula is C18H17NO6. The molecule has 2 rings (SSSR count). The van der Waals surface area contributed by atoms with Gasteiger partial charge in [-0.2, -0.15) is 5.23 Å². The summed E-state index contributed by atoms with van der Waals surface area (Å²) < 4.78 is 9.57. The van der Waals surface area contributed by atoms with Crippen molar-refractivity contribution in [2.45, 2.75) is 0 Å². The molecule has 0 saturated heterocycles. The maximum absolute atomic E-state index is 12.2. The Hall–Kier alpha value is -3.00. The van der Waals surface area contributed by atoms with Crippen LogP contribution in [0.25, 0.3) is 11.6 Å². The van der Waals surface area contributed by atoms with E-state index >= 15 is 0 Å². The molecule has 0 amide bonds. The second kappa shape index (κ2) is 8.20. The van der Waals surface area contributed by atoms with Crippen molar-refractivity contribution < 1.29 is 29.5 Å². The highest BCUT2D eigenvalue weighted by atomic mass is 16.8. The molecule has 0 aliphatic rings. The minimum Gasteiger partial charge on any atom is -0.595 e. The van der Waals surface area contributed by atoms with Crippen LogP contribution < -0.4 is 5.23 Å². The highest BCUT2D eigenvalue weighted by Gasteiger charge is 2.20. The predicted molar refractivity (Wildman–Crippen MR) is 89.9 cm³/mol. The molecule has 0 heterocycles. The Morgan fingerprint density at radius 2 is 1.60 bits per heavy atom. The quantitative estimate of drug-likeness (QED) is 0.370. The van der Waals surface area contributed by atoms with Crippen molar-refractivity contribution in [2.75, 3.05) is 14.2 Å². The van der Waals surface area contributed by atoms with Crippen LogP contribution in [-0.2, 0) is 14.3 Å². The molecule has 0 radical (unpaired) electrons. The first-order valence-electron chi connectivity index (χ1n) is 7.29. The van der Waals surface area contributed by atoms with Gasteiger partial charge in [0, 0.05) is 17.7 Å². The first kappa shape index (κ1) is 18.3. The Kier molecular flexibility index (Phi) is 6.02. The molecule has 1 atom stereocenters. The van der Waals surface area contributed by atoms with Gasteiger partial charge in [0.05, 0.1) is 25.4 Å². The predicted octanol–water partition coefficient (Wildman–Crippen LogP) is 1.59. The summed E-state index contributed by atoms with van der Waals surface area (Å²) in [6.07, 6.45) is 1.53. The van der Waals surface area contributed by atoms with Crippen molar-refractivity contribution in [3.05, 3.63) is 70.4 Å². The second-order valence-corrected chi connectivity index (χ2v) is 5.01. The topological polar surface area (TPSA) is 100 Å². The summed E-state index contributed by atoms with van der Waals surface area (Å²) in [5.41, 5.74) is 1.47. The van der Waals surface area contributed by atoms with Crippen LogP contribution >= 0.6 is 0 Å². The van der Waals surface area contributed by atoms with Crippen molar-refractivity contribution in [2.24, 2.45) is 0 Å². The van der Waals surface area contributed by atoms with Crippen molar-refractivity contribution in [1.82, 2.24) is 0 Å². The van der Waals surface area contributed by atoms with Gasteiger partial charge >= 0.3 is 11.9 Å². The summed E-state index contributed by atoms with van der Waals surface area (Å²) in [5, 5.41) is 18.8. The summed E-state index contributed by atoms with van der Waals surface area (Å²) >= 11 is 0. The lowest BCUT2D eigenvalue weighted by Gasteiger charge is -2.12. The third-order valence-electron chi connectivity index (χ3n) is 3.50. The van der Waals surface area contributed by atoms with Crippen LogP contribution in [0.1, 0.15) is 21.5 Å². The highest BCUT2D eigenvalue weighted by molar-refractivity contribution is 6.23. The van der Waals surface area contributed by atoms with Gasteiger partial charge in [0.15, 0.2) is 5.69 Å². The van der Waals surface area contributed by atoms with Gasteiger partial charge in [0.2, 0.25) is 0 Å². The standard InChI is InChI=1S/C18H17NO6/c1-24-17(20)15-6-4-3-5-14(15)16(18(21)25-2)11-12-7-9-13(10-8-12)19(22)23/h3-11,19,22H,1-2H3. The first-order valence-corrected chi connectivity index (χ1v) is 7.29. The molecule has 7 nitrogen and oxygen atoms in total. The molecule has 1 unspecified atom stereocenters. The molecule has 2 aromatic carbocycles. The van der Waals surface area contributed by atoms with E-state index in [1.165, 1.54) is 32.4 Å². The molecule has 2 aromatic rings. The largest absolute Gasteiger partial charge is 0.595 e. The van der Waals surface area contributed by atoms with Gasteiger partial charge in [-0.3, -0.25) is 0 Å². The maximum atomic E-state index is 12.2. The lowest BCUT2D eigenvalue weighted by Crippen LogP contribution is -2.99. The van der Waals surface area contributed by atoms with Gasteiger partial charge in [0.25, 0.3) is 0 Å². The SMILES string of the molecule is COC(=O)C(=Cc1ccc([NH+]([O-])O)cc1)c1ccccc1C(=O)OC. The zero-order chi connectivity index (χ0) is 18.4. The summed E-state index contributed by atoms with van der Waals surface area (Å²) in [6.45, 7) is 0. The number of methoxy groups -OCH3 is 2. The van der Waals surface area contributed by atoms with Gasteiger partial charge in [0.1, 0.15) is 0 Å². The molecule has 0 aliphatic carbocycles. The van der Waals surface area contributed by atoms with Crippen molar-refractivity contribution in [3.63, 3.8) is 0 Å². The fourth-order valence-corrected chi connectivity index (χ4v) is 2.25. The third kappa shape index (κ3) is 4.30. The number of rotatable bonds is 5. The van der Waals surface area contributed by atoms with Crippen LogP contribution in [0.15, 0.2) is 48.5 Å². The van der Waals surface area contributed by atoms with E-state index in [0.717, 1.165) is 0 Å². The Balaban J connectivity index is 2.54. The van der Waals surface area contributed by atoms with E-state index in [1.54, 1.807) is 36.4 Å². The molecule has 130 valence electrons. The monoisotopic (exact) mass is 343 g/mol. The van der Waals surface area contributed by atoms with Gasteiger partial charge in [-0.05, 0) is 29.8 Å². The number of nitrogens with one attached hydrogen (secondary N) is 1. The smallest absolute Gasteiger partial charge is 0.338 e. The van der Waals surface area contributed by atoms with Crippen LogP contribution in [-0.4, -0.2) is 31.4 Å². The number of quaternary nitrogens is 1. The van der Waals surface area contributed by atoms with E-state index in [0.29, 0.717) is 11.1 Å². The molecule has 0 bridgehead atoms. The normalized spacial score (nSPS) is 12.4. The zero-order valence-electron chi connectivity index (χ0n) is 13.7. The Morgan fingerprint density at radius 1 is 1.00 bits per heavy atom. The minimum atomic E-state index is -1.04. The summed E-state index contributed by atoms with van der Waals surface area (Å²) in [7, 11) is 2.50. The van der Waals surface area contributed by atoms with Gasteiger partial charge in [-0.25, -0.2) is 14.8 Å². The number of hydrogen-bond donors (Lipinski definition) is 2. The highest BCUT2D eigenvalue weighted by Crippen LogP contribution is 2.24. The lowest BCUT2D eigenvalue weighted by atomic mass is 9.97. The van der Waals surface area contributed by atoms with Gasteiger partial charge in [-0.15, -0.1) is 0 Å². The molecule has 0 spiro atoms. The Bertz CT molecular complexity index is 795. The van der Waals surface area contributed by atoms with E-state index in [-0.39, 0.29) is 16.8 Å². The lowest BCUT2D eigenvalue weighted by molar-refractivity contribution is -0.991. The number of carbonyl (C=O) groups excluding carboxylic acids is 2. The number of carbonyl (C=O) groups is 2. The Morgan fingerprint density at radius 3 is 2.12 bits per heavy atom. The fourth-order valence-electron chi connectivity index (χ4n) is 2.25. The van der Waals surface area contributed by atoms with E-state index in [1.807, 2.05) is 0 Å². The second-order valence-electron chi connectivity index (χ2n) is 5.01. The molecule has 0 fully saturated rings. The molecule has 0 aliphatic heterocycles. The first-order chi connectivity index (χ1) is 12.0. The number of ether oxygens (including phenoxy) is 2. The average molecular weight is 343 g/mol. The molecule has 0 aromatic heterocycles. The van der Waals surface area contributed by atoms with Crippen molar-refractivity contribution >= 4 is 29.3 Å². The van der Waals surface area contributed by atoms with Crippen LogP contribution in [0.4, 0.5) is 5.69 Å². The Labute approximate surface area is 144 Å². The zero-order valence-corrected chi connectivity index (χ0v) is 13.7. The summed E-state index contributed by atoms with van der Waals surface area (Å²) in [6, 6.07) is 12.5. The number of hydrogen-bond acceptors (Lipinski definition) is 6. The molecular weight excluding hydrogens is 326 g/mol. The van der Waals surface area contributed by atoms with Crippen molar-refractivity contribution in [1.29, 1.82) is 0 Å². The minimum absolute atomic E-state index is 0.131. The number of benzene rings is 2. The number of esters is 2. The average Bonchev–Trinajstić information content (AvgIpc) is 2.65. The summed E-state index contributed by atoms with van der Waals surface area (Å²) in [5.74, 6) is -1.20. The fraction of sp³-hybridized carbons (Fsp3) is 0.111. The van der Waals surface area contributed by atoms with Crippen LogP contribution in [0.5, 0.6) is 0 Å². The molecule has 7 heteroatoms.